The van der Waals surface area contributed by atoms with E-state index < -0.39 is 0 Å². The molecule has 21 heavy (non-hydrogen) atoms. The molecular weight excluding hydrogens is 268 g/mol. The van der Waals surface area contributed by atoms with Crippen LogP contribution in [-0.4, -0.2) is 35.9 Å². The van der Waals surface area contributed by atoms with E-state index in [-0.39, 0.29) is 18.4 Å². The van der Waals surface area contributed by atoms with Crippen molar-refractivity contribution in [3.63, 3.8) is 0 Å². The van der Waals surface area contributed by atoms with Crippen LogP contribution in [0.25, 0.3) is 0 Å². The topological polar surface area (TPSA) is 83.1 Å². The van der Waals surface area contributed by atoms with E-state index in [0.29, 0.717) is 11.6 Å². The van der Waals surface area contributed by atoms with Crippen LogP contribution in [-0.2, 0) is 4.79 Å². The lowest BCUT2D eigenvalue weighted by Gasteiger charge is -2.12. The predicted octanol–water partition coefficient (Wildman–Crippen LogP) is 1.22. The Morgan fingerprint density at radius 3 is 2.81 bits per heavy atom. The molecule has 6 nitrogen and oxygen atoms in total. The first-order chi connectivity index (χ1) is 10.1. The molecule has 0 saturated heterocycles. The van der Waals surface area contributed by atoms with Crippen LogP contribution in [0, 0.1) is 6.92 Å². The van der Waals surface area contributed by atoms with Gasteiger partial charge >= 0.3 is 0 Å². The average molecular weight is 290 g/mol. The second-order valence-corrected chi connectivity index (χ2v) is 5.32. The number of anilines is 1. The molecule has 0 aromatic carbocycles. The van der Waals surface area contributed by atoms with Crippen molar-refractivity contribution in [1.82, 2.24) is 15.6 Å². The van der Waals surface area contributed by atoms with Crippen molar-refractivity contribution in [2.75, 3.05) is 18.4 Å². The smallest absolute Gasteiger partial charge is 0.255 e. The number of rotatable bonds is 7. The zero-order valence-electron chi connectivity index (χ0n) is 12.5. The predicted molar refractivity (Wildman–Crippen MR) is 81.3 cm³/mol. The minimum atomic E-state index is -0.285. The van der Waals surface area contributed by atoms with Crippen LogP contribution in [0.2, 0.25) is 0 Å². The highest BCUT2D eigenvalue weighted by Crippen LogP contribution is 2.18. The number of hydrogen-bond acceptors (Lipinski definition) is 4. The van der Waals surface area contributed by atoms with Crippen molar-refractivity contribution in [3.05, 3.63) is 23.5 Å². The molecule has 1 aromatic rings. The molecule has 0 aliphatic heterocycles. The molecule has 1 aliphatic carbocycles. The number of carbonyl (C=O) groups excluding carboxylic acids is 2. The van der Waals surface area contributed by atoms with Crippen molar-refractivity contribution < 1.29 is 9.59 Å². The summed E-state index contributed by atoms with van der Waals surface area (Å²) in [6.07, 6.45) is 4.58. The Bertz CT molecular complexity index is 526. The van der Waals surface area contributed by atoms with E-state index in [1.54, 1.807) is 6.20 Å². The SMILES string of the molecule is CCCNc1cc(C)ncc1C(=O)NCC(=O)NC1CC1. The molecule has 2 amide bonds. The van der Waals surface area contributed by atoms with E-state index in [0.717, 1.165) is 37.2 Å². The van der Waals surface area contributed by atoms with Gasteiger partial charge in [-0.15, -0.1) is 0 Å². The highest BCUT2D eigenvalue weighted by Gasteiger charge is 2.23. The van der Waals surface area contributed by atoms with E-state index in [1.165, 1.54) is 0 Å². The zero-order chi connectivity index (χ0) is 15.2. The standard InChI is InChI=1S/C15H22N4O2/c1-3-6-16-13-7-10(2)17-8-12(13)15(21)18-9-14(20)19-11-4-5-11/h7-8,11H,3-6,9H2,1-2H3,(H,16,17)(H,18,21)(H,19,20). The molecule has 1 heterocycles. The van der Waals surface area contributed by atoms with Crippen molar-refractivity contribution in [1.29, 1.82) is 0 Å². The molecule has 0 radical (unpaired) electrons. The van der Waals surface area contributed by atoms with Crippen LogP contribution in [0.15, 0.2) is 12.3 Å². The summed E-state index contributed by atoms with van der Waals surface area (Å²) < 4.78 is 0. The van der Waals surface area contributed by atoms with Crippen molar-refractivity contribution in [2.24, 2.45) is 0 Å². The maximum Gasteiger partial charge on any atom is 0.255 e. The van der Waals surface area contributed by atoms with Crippen LogP contribution in [0.1, 0.15) is 42.2 Å². The van der Waals surface area contributed by atoms with Gasteiger partial charge in [-0.05, 0) is 32.3 Å². The van der Waals surface area contributed by atoms with Gasteiger partial charge in [0.15, 0.2) is 0 Å². The number of carbonyl (C=O) groups is 2. The van der Waals surface area contributed by atoms with Gasteiger partial charge in [0.25, 0.3) is 5.91 Å². The summed E-state index contributed by atoms with van der Waals surface area (Å²) in [6, 6.07) is 2.15. The summed E-state index contributed by atoms with van der Waals surface area (Å²) in [5.41, 5.74) is 2.06. The molecule has 0 spiro atoms. The first-order valence-electron chi connectivity index (χ1n) is 7.38. The zero-order valence-corrected chi connectivity index (χ0v) is 12.5. The number of aryl methyl sites for hydroxylation is 1. The Labute approximate surface area is 124 Å². The van der Waals surface area contributed by atoms with Gasteiger partial charge in [0, 0.05) is 24.5 Å². The summed E-state index contributed by atoms with van der Waals surface area (Å²) in [6.45, 7) is 4.72. The minimum absolute atomic E-state index is 0.00354. The number of amides is 2. The van der Waals surface area contributed by atoms with Gasteiger partial charge < -0.3 is 16.0 Å². The van der Waals surface area contributed by atoms with E-state index in [1.807, 2.05) is 13.0 Å². The highest BCUT2D eigenvalue weighted by molar-refractivity contribution is 6.00. The summed E-state index contributed by atoms with van der Waals surface area (Å²) in [7, 11) is 0. The monoisotopic (exact) mass is 290 g/mol. The molecular formula is C15H22N4O2. The van der Waals surface area contributed by atoms with E-state index in [4.69, 9.17) is 0 Å². The number of hydrogen-bond donors (Lipinski definition) is 3. The third-order valence-electron chi connectivity index (χ3n) is 3.20. The Morgan fingerprint density at radius 1 is 1.38 bits per heavy atom. The summed E-state index contributed by atoms with van der Waals surface area (Å²) in [4.78, 5) is 27.9. The van der Waals surface area contributed by atoms with Gasteiger partial charge in [-0.1, -0.05) is 6.92 Å². The molecule has 114 valence electrons. The Hall–Kier alpha value is -2.11. The first-order valence-corrected chi connectivity index (χ1v) is 7.38. The average Bonchev–Trinajstić information content (AvgIpc) is 3.26. The van der Waals surface area contributed by atoms with Crippen LogP contribution in [0.3, 0.4) is 0 Å². The second-order valence-electron chi connectivity index (χ2n) is 5.32. The van der Waals surface area contributed by atoms with Crippen LogP contribution >= 0.6 is 0 Å². The van der Waals surface area contributed by atoms with E-state index >= 15 is 0 Å². The van der Waals surface area contributed by atoms with E-state index in [2.05, 4.69) is 27.9 Å². The molecule has 6 heteroatoms. The normalized spacial score (nSPS) is 13.6. The molecule has 0 atom stereocenters. The minimum Gasteiger partial charge on any atom is -0.384 e. The van der Waals surface area contributed by atoms with Gasteiger partial charge in [-0.25, -0.2) is 0 Å². The first kappa shape index (κ1) is 15.3. The van der Waals surface area contributed by atoms with Crippen molar-refractivity contribution in [3.8, 4) is 0 Å². The van der Waals surface area contributed by atoms with Crippen molar-refractivity contribution in [2.45, 2.75) is 39.2 Å². The van der Waals surface area contributed by atoms with Gasteiger partial charge in [-0.3, -0.25) is 14.6 Å². The quantitative estimate of drug-likeness (QED) is 0.705. The molecule has 1 aromatic heterocycles. The second kappa shape index (κ2) is 7.06. The number of nitrogens with zero attached hydrogens (tertiary/aromatic N) is 1. The fourth-order valence-electron chi connectivity index (χ4n) is 1.91. The molecule has 0 unspecified atom stereocenters. The van der Waals surface area contributed by atoms with Gasteiger partial charge in [0.05, 0.1) is 17.8 Å². The van der Waals surface area contributed by atoms with Crippen LogP contribution in [0.4, 0.5) is 5.69 Å². The third kappa shape index (κ3) is 4.73. The number of pyridine rings is 1. The van der Waals surface area contributed by atoms with Crippen LogP contribution in [0.5, 0.6) is 0 Å². The number of aromatic nitrogens is 1. The summed E-state index contributed by atoms with van der Waals surface area (Å²) in [5, 5.41) is 8.68. The summed E-state index contributed by atoms with van der Waals surface area (Å²) in [5.74, 6) is -0.430. The number of nitrogens with one attached hydrogen (secondary N) is 3. The van der Waals surface area contributed by atoms with Gasteiger partial charge in [-0.2, -0.15) is 0 Å². The lowest BCUT2D eigenvalue weighted by molar-refractivity contribution is -0.120. The van der Waals surface area contributed by atoms with Crippen LogP contribution < -0.4 is 16.0 Å². The largest absolute Gasteiger partial charge is 0.384 e. The summed E-state index contributed by atoms with van der Waals surface area (Å²) >= 11 is 0. The molecule has 1 aliphatic rings. The maximum atomic E-state index is 12.2. The fraction of sp³-hybridized carbons (Fsp3) is 0.533. The Morgan fingerprint density at radius 2 is 2.14 bits per heavy atom. The van der Waals surface area contributed by atoms with Gasteiger partial charge in [0.1, 0.15) is 0 Å². The molecule has 2 rings (SSSR count). The molecule has 3 N–H and O–H groups in total. The highest BCUT2D eigenvalue weighted by atomic mass is 16.2. The fourth-order valence-corrected chi connectivity index (χ4v) is 1.91. The van der Waals surface area contributed by atoms with Crippen molar-refractivity contribution >= 4 is 17.5 Å². The Balaban J connectivity index is 1.94. The lowest BCUT2D eigenvalue weighted by atomic mass is 10.2. The van der Waals surface area contributed by atoms with Gasteiger partial charge in [0.2, 0.25) is 5.91 Å². The maximum absolute atomic E-state index is 12.2. The van der Waals surface area contributed by atoms with E-state index in [9.17, 15) is 9.59 Å². The Kier molecular flexibility index (Phi) is 5.14. The molecule has 1 saturated carbocycles. The third-order valence-corrected chi connectivity index (χ3v) is 3.20. The lowest BCUT2D eigenvalue weighted by Crippen LogP contribution is -2.38. The molecule has 1 fully saturated rings. The molecule has 0 bridgehead atoms.